The van der Waals surface area contributed by atoms with E-state index in [-0.39, 0.29) is 11.7 Å². The molecule has 0 spiro atoms. The lowest BCUT2D eigenvalue weighted by Gasteiger charge is -2.09. The Labute approximate surface area is 94.1 Å². The molecule has 0 atom stereocenters. The molecule has 0 radical (unpaired) electrons. The normalized spacial score (nSPS) is 10.8. The summed E-state index contributed by atoms with van der Waals surface area (Å²) < 4.78 is 13.2. The summed E-state index contributed by atoms with van der Waals surface area (Å²) >= 11 is 0. The monoisotopic (exact) mass is 223 g/mol. The van der Waals surface area contributed by atoms with Crippen LogP contribution in [0.1, 0.15) is 11.1 Å². The molecule has 0 aliphatic carbocycles. The molecular formula is C12H14FNO2. The predicted molar refractivity (Wildman–Crippen MR) is 60.0 cm³/mol. The van der Waals surface area contributed by atoms with Gasteiger partial charge in [0.25, 0.3) is 5.91 Å². The van der Waals surface area contributed by atoms with Crippen LogP contribution in [0.5, 0.6) is 0 Å². The highest BCUT2D eigenvalue weighted by atomic mass is 19.1. The Morgan fingerprint density at radius 3 is 2.75 bits per heavy atom. The van der Waals surface area contributed by atoms with Crippen LogP contribution >= 0.6 is 0 Å². The Hall–Kier alpha value is -1.68. The summed E-state index contributed by atoms with van der Waals surface area (Å²) in [6.45, 7) is 1.69. The molecule has 1 aromatic carbocycles. The van der Waals surface area contributed by atoms with E-state index < -0.39 is 0 Å². The number of benzene rings is 1. The van der Waals surface area contributed by atoms with E-state index in [1.54, 1.807) is 25.1 Å². The average molecular weight is 223 g/mol. The van der Waals surface area contributed by atoms with Gasteiger partial charge in [0, 0.05) is 13.1 Å². The maximum atomic E-state index is 13.2. The van der Waals surface area contributed by atoms with Crippen molar-refractivity contribution in [1.29, 1.82) is 0 Å². The largest absolute Gasteiger partial charge is 0.274 e. The number of carbonyl (C=O) groups is 1. The molecule has 0 heterocycles. The summed E-state index contributed by atoms with van der Waals surface area (Å²) in [5.41, 5.74) is 1.22. The minimum atomic E-state index is -0.302. The fourth-order valence-electron chi connectivity index (χ4n) is 1.08. The molecule has 0 saturated carbocycles. The number of likely N-dealkylation sites (N-methyl/N-ethyl adjacent to an activating group) is 1. The van der Waals surface area contributed by atoms with E-state index in [9.17, 15) is 9.18 Å². The molecule has 0 saturated heterocycles. The highest BCUT2D eigenvalue weighted by molar-refractivity contribution is 5.90. The van der Waals surface area contributed by atoms with E-state index in [2.05, 4.69) is 0 Å². The fourth-order valence-corrected chi connectivity index (χ4v) is 1.08. The van der Waals surface area contributed by atoms with E-state index in [0.29, 0.717) is 11.1 Å². The summed E-state index contributed by atoms with van der Waals surface area (Å²) in [6.07, 6.45) is 2.87. The molecule has 0 fully saturated rings. The van der Waals surface area contributed by atoms with Crippen LogP contribution in [0.15, 0.2) is 24.3 Å². The highest BCUT2D eigenvalue weighted by Crippen LogP contribution is 2.10. The third-order valence-electron chi connectivity index (χ3n) is 2.20. The van der Waals surface area contributed by atoms with Gasteiger partial charge in [0.05, 0.1) is 7.11 Å². The van der Waals surface area contributed by atoms with Crippen molar-refractivity contribution >= 4 is 12.0 Å². The zero-order valence-electron chi connectivity index (χ0n) is 9.53. The standard InChI is InChI=1S/C12H14FNO2/c1-9-4-5-10(8-11(9)13)6-7-12(15)14(2)16-3/h4-8H,1-3H3/b7-6+. The molecule has 1 amide bonds. The predicted octanol–water partition coefficient (Wildman–Crippen LogP) is 2.17. The quantitative estimate of drug-likeness (QED) is 0.580. The first-order valence-corrected chi connectivity index (χ1v) is 4.80. The molecule has 0 bridgehead atoms. The second-order valence-electron chi connectivity index (χ2n) is 3.36. The van der Waals surface area contributed by atoms with Crippen molar-refractivity contribution < 1.29 is 14.0 Å². The van der Waals surface area contributed by atoms with Gasteiger partial charge in [0.1, 0.15) is 5.82 Å². The average Bonchev–Trinajstić information content (AvgIpc) is 2.29. The molecule has 0 N–H and O–H groups in total. The SMILES string of the molecule is CON(C)C(=O)/C=C/c1ccc(C)c(F)c1. The number of hydrogen-bond acceptors (Lipinski definition) is 2. The Morgan fingerprint density at radius 2 is 2.19 bits per heavy atom. The minimum absolute atomic E-state index is 0.283. The number of aryl methyl sites for hydroxylation is 1. The summed E-state index contributed by atoms with van der Waals surface area (Å²) in [4.78, 5) is 16.0. The summed E-state index contributed by atoms with van der Waals surface area (Å²) in [5, 5.41) is 1.08. The van der Waals surface area contributed by atoms with Crippen LogP contribution in [0.2, 0.25) is 0 Å². The summed E-state index contributed by atoms with van der Waals surface area (Å²) in [7, 11) is 2.90. The zero-order valence-corrected chi connectivity index (χ0v) is 9.53. The van der Waals surface area contributed by atoms with Gasteiger partial charge in [0.2, 0.25) is 0 Å². The lowest BCUT2D eigenvalue weighted by atomic mass is 10.1. The van der Waals surface area contributed by atoms with Gasteiger partial charge >= 0.3 is 0 Å². The molecule has 86 valence electrons. The van der Waals surface area contributed by atoms with E-state index in [1.807, 2.05) is 0 Å². The number of carbonyl (C=O) groups excluding carboxylic acids is 1. The molecule has 4 heteroatoms. The Morgan fingerprint density at radius 1 is 1.50 bits per heavy atom. The van der Waals surface area contributed by atoms with Crippen LogP contribution in [0.25, 0.3) is 6.08 Å². The number of hydroxylamine groups is 2. The van der Waals surface area contributed by atoms with E-state index in [0.717, 1.165) is 5.06 Å². The van der Waals surface area contributed by atoms with Crippen LogP contribution in [0.3, 0.4) is 0 Å². The van der Waals surface area contributed by atoms with Crippen LogP contribution < -0.4 is 0 Å². The highest BCUT2D eigenvalue weighted by Gasteiger charge is 2.02. The Bertz CT molecular complexity index is 415. The van der Waals surface area contributed by atoms with E-state index >= 15 is 0 Å². The molecular weight excluding hydrogens is 209 g/mol. The van der Waals surface area contributed by atoms with Crippen molar-refractivity contribution in [2.45, 2.75) is 6.92 Å². The third-order valence-corrected chi connectivity index (χ3v) is 2.20. The topological polar surface area (TPSA) is 29.5 Å². The van der Waals surface area contributed by atoms with Gasteiger partial charge in [-0.1, -0.05) is 12.1 Å². The molecule has 0 aliphatic rings. The lowest BCUT2D eigenvalue weighted by Crippen LogP contribution is -2.22. The first kappa shape index (κ1) is 12.4. The van der Waals surface area contributed by atoms with Crippen LogP contribution in [0, 0.1) is 12.7 Å². The van der Waals surface area contributed by atoms with Crippen molar-refractivity contribution in [3.05, 3.63) is 41.2 Å². The van der Waals surface area contributed by atoms with Crippen LogP contribution in [0.4, 0.5) is 4.39 Å². The third kappa shape index (κ3) is 3.17. The second kappa shape index (κ2) is 5.42. The zero-order chi connectivity index (χ0) is 12.1. The number of halogens is 1. The van der Waals surface area contributed by atoms with E-state index in [4.69, 9.17) is 4.84 Å². The Kier molecular flexibility index (Phi) is 4.19. The van der Waals surface area contributed by atoms with Crippen LogP contribution in [-0.4, -0.2) is 25.1 Å². The van der Waals surface area contributed by atoms with Gasteiger partial charge in [-0.3, -0.25) is 9.63 Å². The van der Waals surface area contributed by atoms with Crippen molar-refractivity contribution in [3.8, 4) is 0 Å². The van der Waals surface area contributed by atoms with Gasteiger partial charge in [-0.25, -0.2) is 9.45 Å². The van der Waals surface area contributed by atoms with Gasteiger partial charge in [-0.05, 0) is 30.2 Å². The number of hydrogen-bond donors (Lipinski definition) is 0. The van der Waals surface area contributed by atoms with Gasteiger partial charge in [-0.15, -0.1) is 0 Å². The molecule has 3 nitrogen and oxygen atoms in total. The smallest absolute Gasteiger partial charge is 0.269 e. The Balaban J connectivity index is 2.77. The number of rotatable bonds is 3. The van der Waals surface area contributed by atoms with Crippen molar-refractivity contribution in [2.24, 2.45) is 0 Å². The maximum absolute atomic E-state index is 13.2. The molecule has 0 unspecified atom stereocenters. The maximum Gasteiger partial charge on any atom is 0.269 e. The lowest BCUT2D eigenvalue weighted by molar-refractivity contribution is -0.162. The first-order valence-electron chi connectivity index (χ1n) is 4.80. The molecule has 0 aromatic heterocycles. The fraction of sp³-hybridized carbons (Fsp3) is 0.250. The minimum Gasteiger partial charge on any atom is -0.274 e. The van der Waals surface area contributed by atoms with Crippen molar-refractivity contribution in [3.63, 3.8) is 0 Å². The number of amides is 1. The molecule has 0 aliphatic heterocycles. The molecule has 16 heavy (non-hydrogen) atoms. The van der Waals surface area contributed by atoms with Crippen LogP contribution in [-0.2, 0) is 9.63 Å². The molecule has 1 aromatic rings. The van der Waals surface area contributed by atoms with Crippen molar-refractivity contribution in [1.82, 2.24) is 5.06 Å². The van der Waals surface area contributed by atoms with Gasteiger partial charge in [0.15, 0.2) is 0 Å². The second-order valence-corrected chi connectivity index (χ2v) is 3.36. The van der Waals surface area contributed by atoms with Gasteiger partial charge in [-0.2, -0.15) is 0 Å². The van der Waals surface area contributed by atoms with Gasteiger partial charge < -0.3 is 0 Å². The van der Waals surface area contributed by atoms with E-state index in [1.165, 1.54) is 26.3 Å². The summed E-state index contributed by atoms with van der Waals surface area (Å²) in [5.74, 6) is -0.585. The first-order chi connectivity index (χ1) is 7.54. The summed E-state index contributed by atoms with van der Waals surface area (Å²) in [6, 6.07) is 4.79. The van der Waals surface area contributed by atoms with Crippen molar-refractivity contribution in [2.75, 3.05) is 14.2 Å². The number of nitrogens with zero attached hydrogens (tertiary/aromatic N) is 1. The molecule has 1 rings (SSSR count).